The number of ether oxygens (including phenoxy) is 1. The molecule has 1 aliphatic heterocycles. The van der Waals surface area contributed by atoms with Gasteiger partial charge in [0.2, 0.25) is 0 Å². The number of anilines is 1. The minimum absolute atomic E-state index is 0.155. The molecule has 1 amide bonds. The smallest absolute Gasteiger partial charge is 0.359 e. The number of nitrogens with two attached hydrogens (primary N) is 1. The van der Waals surface area contributed by atoms with Crippen molar-refractivity contribution in [1.29, 1.82) is 0 Å². The predicted molar refractivity (Wildman–Crippen MR) is 77.7 cm³/mol. The van der Waals surface area contributed by atoms with Gasteiger partial charge in [0.15, 0.2) is 11.8 Å². The summed E-state index contributed by atoms with van der Waals surface area (Å²) in [4.78, 5) is 26.1. The van der Waals surface area contributed by atoms with Crippen molar-refractivity contribution < 1.29 is 14.3 Å². The Hall–Kier alpha value is -2.05. The van der Waals surface area contributed by atoms with E-state index < -0.39 is 12.1 Å². The lowest BCUT2D eigenvalue weighted by Gasteiger charge is -2.20. The highest BCUT2D eigenvalue weighted by Gasteiger charge is 2.28. The Morgan fingerprint density at radius 2 is 2.00 bits per heavy atom. The Morgan fingerprint density at radius 3 is 2.52 bits per heavy atom. The summed E-state index contributed by atoms with van der Waals surface area (Å²) in [5.74, 6) is -0.764. The standard InChI is InChI=1S/C14H22N4O3/c1-4-10-11(15)12(17(3)16-10)14(20)21-9(2)13(19)18-7-5-6-8-18/h9H,4-8,15H2,1-3H3. The molecule has 1 aromatic heterocycles. The molecule has 116 valence electrons. The first-order valence-corrected chi connectivity index (χ1v) is 7.26. The van der Waals surface area contributed by atoms with E-state index in [9.17, 15) is 9.59 Å². The molecule has 1 saturated heterocycles. The van der Waals surface area contributed by atoms with Crippen LogP contribution in [0.4, 0.5) is 5.69 Å². The Labute approximate surface area is 124 Å². The van der Waals surface area contributed by atoms with Gasteiger partial charge in [0.25, 0.3) is 5.91 Å². The lowest BCUT2D eigenvalue weighted by Crippen LogP contribution is -2.38. The molecule has 2 heterocycles. The van der Waals surface area contributed by atoms with E-state index in [1.165, 1.54) is 4.68 Å². The fourth-order valence-corrected chi connectivity index (χ4v) is 2.56. The number of amides is 1. The third kappa shape index (κ3) is 3.01. The normalized spacial score (nSPS) is 16.0. The minimum atomic E-state index is -0.810. The zero-order valence-electron chi connectivity index (χ0n) is 12.8. The number of hydrogen-bond acceptors (Lipinski definition) is 5. The number of nitrogens with zero attached hydrogens (tertiary/aromatic N) is 3. The van der Waals surface area contributed by atoms with Crippen molar-refractivity contribution in [3.63, 3.8) is 0 Å². The van der Waals surface area contributed by atoms with E-state index in [2.05, 4.69) is 5.10 Å². The Morgan fingerprint density at radius 1 is 1.38 bits per heavy atom. The first-order chi connectivity index (χ1) is 9.95. The number of aryl methyl sites for hydroxylation is 2. The molecule has 1 atom stereocenters. The highest BCUT2D eigenvalue weighted by molar-refractivity contribution is 5.95. The van der Waals surface area contributed by atoms with Crippen LogP contribution in [0.15, 0.2) is 0 Å². The van der Waals surface area contributed by atoms with E-state index in [4.69, 9.17) is 10.5 Å². The van der Waals surface area contributed by atoms with Crippen molar-refractivity contribution in [2.24, 2.45) is 7.05 Å². The van der Waals surface area contributed by atoms with Gasteiger partial charge in [0, 0.05) is 20.1 Å². The second kappa shape index (κ2) is 6.15. The van der Waals surface area contributed by atoms with Gasteiger partial charge >= 0.3 is 5.97 Å². The molecule has 0 aliphatic carbocycles. The molecular formula is C14H22N4O3. The molecule has 7 nitrogen and oxygen atoms in total. The van der Waals surface area contributed by atoms with Crippen molar-refractivity contribution in [3.8, 4) is 0 Å². The fraction of sp³-hybridized carbons (Fsp3) is 0.643. The first-order valence-electron chi connectivity index (χ1n) is 7.26. The van der Waals surface area contributed by atoms with Crippen molar-refractivity contribution in [2.45, 2.75) is 39.2 Å². The fourth-order valence-electron chi connectivity index (χ4n) is 2.56. The maximum atomic E-state index is 12.2. The SMILES string of the molecule is CCc1nn(C)c(C(=O)OC(C)C(=O)N2CCCC2)c1N. The lowest BCUT2D eigenvalue weighted by molar-refractivity contribution is -0.138. The Balaban J connectivity index is 2.07. The summed E-state index contributed by atoms with van der Waals surface area (Å²) in [6.07, 6.45) is 1.83. The molecule has 0 spiro atoms. The molecule has 2 N–H and O–H groups in total. The third-order valence-corrected chi connectivity index (χ3v) is 3.74. The van der Waals surface area contributed by atoms with Crippen LogP contribution < -0.4 is 5.73 Å². The summed E-state index contributed by atoms with van der Waals surface area (Å²) in [6.45, 7) is 4.96. The van der Waals surface area contributed by atoms with Gasteiger partial charge in [-0.2, -0.15) is 5.10 Å². The molecule has 0 radical (unpaired) electrons. The van der Waals surface area contributed by atoms with Crippen LogP contribution in [0.5, 0.6) is 0 Å². The molecular weight excluding hydrogens is 272 g/mol. The van der Waals surface area contributed by atoms with Gasteiger partial charge < -0.3 is 15.4 Å². The Kier molecular flexibility index (Phi) is 4.50. The predicted octanol–water partition coefficient (Wildman–Crippen LogP) is 0.732. The van der Waals surface area contributed by atoms with Gasteiger partial charge in [-0.05, 0) is 26.2 Å². The van der Waals surface area contributed by atoms with Gasteiger partial charge in [-0.15, -0.1) is 0 Å². The van der Waals surface area contributed by atoms with Crippen LogP contribution in [0.3, 0.4) is 0 Å². The monoisotopic (exact) mass is 294 g/mol. The highest BCUT2D eigenvalue weighted by atomic mass is 16.5. The Bertz CT molecular complexity index is 547. The van der Waals surface area contributed by atoms with E-state index in [0.717, 1.165) is 25.9 Å². The maximum absolute atomic E-state index is 12.2. The summed E-state index contributed by atoms with van der Waals surface area (Å²) in [7, 11) is 1.64. The van der Waals surface area contributed by atoms with Crippen molar-refractivity contribution in [1.82, 2.24) is 14.7 Å². The highest BCUT2D eigenvalue weighted by Crippen LogP contribution is 2.19. The van der Waals surface area contributed by atoms with Gasteiger partial charge in [0.05, 0.1) is 11.4 Å². The summed E-state index contributed by atoms with van der Waals surface area (Å²) >= 11 is 0. The molecule has 2 rings (SSSR count). The van der Waals surface area contributed by atoms with Crippen LogP contribution in [-0.2, 0) is 23.0 Å². The summed E-state index contributed by atoms with van der Waals surface area (Å²) in [6, 6.07) is 0. The molecule has 1 aromatic rings. The number of rotatable bonds is 4. The van der Waals surface area contributed by atoms with Crippen molar-refractivity contribution in [3.05, 3.63) is 11.4 Å². The topological polar surface area (TPSA) is 90.5 Å². The largest absolute Gasteiger partial charge is 0.448 e. The van der Waals surface area contributed by atoms with E-state index in [1.807, 2.05) is 6.92 Å². The van der Waals surface area contributed by atoms with Gasteiger partial charge in [0.1, 0.15) is 0 Å². The second-order valence-corrected chi connectivity index (χ2v) is 5.27. The van der Waals surface area contributed by atoms with Gasteiger partial charge in [-0.25, -0.2) is 4.79 Å². The number of likely N-dealkylation sites (tertiary alicyclic amines) is 1. The average Bonchev–Trinajstić information content (AvgIpc) is 3.05. The van der Waals surface area contributed by atoms with Crippen LogP contribution >= 0.6 is 0 Å². The quantitative estimate of drug-likeness (QED) is 0.827. The minimum Gasteiger partial charge on any atom is -0.448 e. The molecule has 7 heteroatoms. The molecule has 1 aliphatic rings. The van der Waals surface area contributed by atoms with E-state index in [0.29, 0.717) is 17.8 Å². The molecule has 0 bridgehead atoms. The van der Waals surface area contributed by atoms with Crippen LogP contribution in [0.2, 0.25) is 0 Å². The van der Waals surface area contributed by atoms with Crippen LogP contribution in [-0.4, -0.2) is 45.8 Å². The average molecular weight is 294 g/mol. The van der Waals surface area contributed by atoms with Gasteiger partial charge in [-0.3, -0.25) is 9.48 Å². The number of carbonyl (C=O) groups is 2. The number of nitrogen functional groups attached to an aromatic ring is 1. The second-order valence-electron chi connectivity index (χ2n) is 5.27. The third-order valence-electron chi connectivity index (χ3n) is 3.74. The van der Waals surface area contributed by atoms with Crippen LogP contribution in [0.25, 0.3) is 0 Å². The number of esters is 1. The molecule has 21 heavy (non-hydrogen) atoms. The lowest BCUT2D eigenvalue weighted by atomic mass is 10.2. The van der Waals surface area contributed by atoms with Crippen LogP contribution in [0.1, 0.15) is 42.9 Å². The first kappa shape index (κ1) is 15.3. The van der Waals surface area contributed by atoms with E-state index >= 15 is 0 Å². The van der Waals surface area contributed by atoms with E-state index in [-0.39, 0.29) is 11.6 Å². The number of hydrogen-bond donors (Lipinski definition) is 1. The summed E-state index contributed by atoms with van der Waals surface area (Å²) in [5, 5.41) is 4.17. The zero-order chi connectivity index (χ0) is 15.6. The van der Waals surface area contributed by atoms with Crippen molar-refractivity contribution in [2.75, 3.05) is 18.8 Å². The zero-order valence-corrected chi connectivity index (χ0v) is 12.8. The summed E-state index contributed by atoms with van der Waals surface area (Å²) in [5.41, 5.74) is 7.09. The molecule has 0 aromatic carbocycles. The van der Waals surface area contributed by atoms with Crippen molar-refractivity contribution >= 4 is 17.6 Å². The molecule has 1 unspecified atom stereocenters. The number of aromatic nitrogens is 2. The molecule has 1 fully saturated rings. The van der Waals surface area contributed by atoms with E-state index in [1.54, 1.807) is 18.9 Å². The maximum Gasteiger partial charge on any atom is 0.359 e. The number of carbonyl (C=O) groups excluding carboxylic acids is 2. The van der Waals surface area contributed by atoms with Gasteiger partial charge in [-0.1, -0.05) is 6.92 Å². The summed E-state index contributed by atoms with van der Waals surface area (Å²) < 4.78 is 6.67. The van der Waals surface area contributed by atoms with Crippen LogP contribution in [0, 0.1) is 0 Å². The molecule has 0 saturated carbocycles.